The van der Waals surface area contributed by atoms with Gasteiger partial charge in [0, 0.05) is 6.54 Å². The summed E-state index contributed by atoms with van der Waals surface area (Å²) in [6.07, 6.45) is 0. The molecule has 0 aliphatic carbocycles. The summed E-state index contributed by atoms with van der Waals surface area (Å²) in [6.45, 7) is -1.06. The van der Waals surface area contributed by atoms with Gasteiger partial charge in [0.05, 0.1) is 6.61 Å². The Bertz CT molecular complexity index is 52.5. The van der Waals surface area contributed by atoms with Gasteiger partial charge < -0.3 is 21.1 Å². The maximum atomic E-state index is 8.31. The molecule has 0 heterocycles. The van der Waals surface area contributed by atoms with Crippen molar-refractivity contribution < 1.29 is 15.3 Å². The van der Waals surface area contributed by atoms with Crippen LogP contribution < -0.4 is 5.73 Å². The van der Waals surface area contributed by atoms with Crippen LogP contribution in [0.4, 0.5) is 0 Å². The Kier molecular flexibility index (Phi) is 5.57. The molecular formula is C3H10ClNO3. The first-order chi connectivity index (χ1) is 3.12. The van der Waals surface area contributed by atoms with Crippen LogP contribution in [0.3, 0.4) is 0 Å². The largest absolute Gasteiger partial charge is 0.391 e. The molecule has 5 heteroatoms. The third kappa shape index (κ3) is 4.29. The van der Waals surface area contributed by atoms with E-state index in [1.807, 2.05) is 0 Å². The molecule has 0 spiro atoms. The topological polar surface area (TPSA) is 86.7 Å². The van der Waals surface area contributed by atoms with E-state index in [-0.39, 0.29) is 19.0 Å². The predicted molar refractivity (Wildman–Crippen MR) is 30.6 cm³/mol. The molecule has 0 bridgehead atoms. The fraction of sp³-hybridized carbons (Fsp3) is 1.00. The highest BCUT2D eigenvalue weighted by Crippen LogP contribution is 1.90. The molecule has 0 radical (unpaired) electrons. The maximum absolute atomic E-state index is 8.31. The van der Waals surface area contributed by atoms with Crippen molar-refractivity contribution in [1.82, 2.24) is 0 Å². The van der Waals surface area contributed by atoms with E-state index in [2.05, 4.69) is 0 Å². The van der Waals surface area contributed by atoms with Crippen LogP contribution in [0.25, 0.3) is 0 Å². The van der Waals surface area contributed by atoms with E-state index in [1.165, 1.54) is 0 Å². The molecule has 4 nitrogen and oxygen atoms in total. The van der Waals surface area contributed by atoms with Gasteiger partial charge in [0.2, 0.25) is 0 Å². The maximum Gasteiger partial charge on any atom is 0.199 e. The van der Waals surface area contributed by atoms with Crippen LogP contribution in [0, 0.1) is 0 Å². The van der Waals surface area contributed by atoms with E-state index in [0.29, 0.717) is 0 Å². The normalized spacial score (nSPS) is 10.5. The van der Waals surface area contributed by atoms with Gasteiger partial charge in [-0.15, -0.1) is 12.4 Å². The average molecular weight is 144 g/mol. The quantitative estimate of drug-likeness (QED) is 0.338. The Balaban J connectivity index is 0. The molecule has 0 amide bonds. The van der Waals surface area contributed by atoms with Gasteiger partial charge in [0.1, 0.15) is 0 Å². The smallest absolute Gasteiger partial charge is 0.199 e. The van der Waals surface area contributed by atoms with Gasteiger partial charge in [-0.3, -0.25) is 0 Å². The van der Waals surface area contributed by atoms with Gasteiger partial charge in [0.25, 0.3) is 0 Å². The highest BCUT2D eigenvalue weighted by atomic mass is 35.5. The summed E-state index contributed by atoms with van der Waals surface area (Å²) in [4.78, 5) is 0. The first-order valence-corrected chi connectivity index (χ1v) is 1.88. The molecule has 0 aliphatic heterocycles. The minimum atomic E-state index is -2.08. The molecule has 8 heavy (non-hydrogen) atoms. The second kappa shape index (κ2) is 4.05. The minimum Gasteiger partial charge on any atom is -0.391 e. The van der Waals surface area contributed by atoms with Crippen molar-refractivity contribution in [1.29, 1.82) is 0 Å². The van der Waals surface area contributed by atoms with Crippen LogP contribution in [0.5, 0.6) is 0 Å². The molecule has 0 aromatic rings. The van der Waals surface area contributed by atoms with Crippen molar-refractivity contribution in [2.75, 3.05) is 13.2 Å². The zero-order valence-electron chi connectivity index (χ0n) is 4.24. The summed E-state index contributed by atoms with van der Waals surface area (Å²) in [6, 6.07) is 0. The second-order valence-corrected chi connectivity index (χ2v) is 1.34. The van der Waals surface area contributed by atoms with Gasteiger partial charge in [-0.05, 0) is 0 Å². The molecule has 0 saturated carbocycles. The molecule has 5 N–H and O–H groups in total. The zero-order chi connectivity index (χ0) is 5.91. The van der Waals surface area contributed by atoms with Crippen molar-refractivity contribution in [3.05, 3.63) is 0 Å². The summed E-state index contributed by atoms with van der Waals surface area (Å²) >= 11 is 0. The Morgan fingerprint density at radius 1 is 1.38 bits per heavy atom. The third-order valence-corrected chi connectivity index (χ3v) is 0.580. The van der Waals surface area contributed by atoms with E-state index < -0.39 is 12.4 Å². The number of nitrogens with two attached hydrogens (primary N) is 1. The molecule has 0 unspecified atom stereocenters. The highest BCUT2D eigenvalue weighted by Gasteiger charge is 2.17. The molecule has 52 valence electrons. The van der Waals surface area contributed by atoms with Crippen LogP contribution in [-0.2, 0) is 0 Å². The molecule has 0 atom stereocenters. The van der Waals surface area contributed by atoms with Crippen molar-refractivity contribution in [3.8, 4) is 0 Å². The Morgan fingerprint density at radius 2 is 1.75 bits per heavy atom. The van der Waals surface area contributed by atoms with E-state index in [9.17, 15) is 0 Å². The Morgan fingerprint density at radius 3 is 1.75 bits per heavy atom. The van der Waals surface area contributed by atoms with Gasteiger partial charge in [0.15, 0.2) is 5.79 Å². The summed E-state index contributed by atoms with van der Waals surface area (Å²) in [5.41, 5.74) is 4.76. The summed E-state index contributed by atoms with van der Waals surface area (Å²) in [5.74, 6) is -2.08. The van der Waals surface area contributed by atoms with E-state index >= 15 is 0 Å². The van der Waals surface area contributed by atoms with Crippen LogP contribution >= 0.6 is 12.4 Å². The zero-order valence-corrected chi connectivity index (χ0v) is 5.06. The molecular weight excluding hydrogens is 133 g/mol. The lowest BCUT2D eigenvalue weighted by Gasteiger charge is -2.14. The van der Waals surface area contributed by atoms with Crippen molar-refractivity contribution >= 4 is 12.4 Å². The Labute approximate surface area is 53.3 Å². The molecule has 0 saturated heterocycles. The Hall–Kier alpha value is 0.130. The van der Waals surface area contributed by atoms with Crippen LogP contribution in [0.1, 0.15) is 0 Å². The number of hydrogen-bond donors (Lipinski definition) is 4. The van der Waals surface area contributed by atoms with Gasteiger partial charge >= 0.3 is 0 Å². The molecule has 0 aliphatic rings. The predicted octanol–water partition coefficient (Wildman–Crippen LogP) is -1.96. The number of rotatable bonds is 2. The average Bonchev–Trinajstić information content (AvgIpc) is 1.68. The number of aliphatic hydroxyl groups excluding tert-OH is 1. The van der Waals surface area contributed by atoms with Crippen molar-refractivity contribution in [2.45, 2.75) is 5.79 Å². The monoisotopic (exact) mass is 143 g/mol. The number of halogens is 1. The van der Waals surface area contributed by atoms with Crippen molar-refractivity contribution in [3.63, 3.8) is 0 Å². The molecule has 0 aromatic carbocycles. The lowest BCUT2D eigenvalue weighted by Crippen LogP contribution is -2.40. The third-order valence-electron chi connectivity index (χ3n) is 0.580. The summed E-state index contributed by atoms with van der Waals surface area (Å²) in [7, 11) is 0. The SMILES string of the molecule is Cl.NCC(O)(O)CO. The summed E-state index contributed by atoms with van der Waals surface area (Å²) in [5, 5.41) is 24.6. The van der Waals surface area contributed by atoms with Gasteiger partial charge in [-0.2, -0.15) is 0 Å². The summed E-state index contributed by atoms with van der Waals surface area (Å²) < 4.78 is 0. The minimum absolute atomic E-state index is 0. The fourth-order valence-electron chi connectivity index (χ4n) is 0.0645. The first kappa shape index (κ1) is 11.0. The van der Waals surface area contributed by atoms with Gasteiger partial charge in [-0.25, -0.2) is 0 Å². The fourth-order valence-corrected chi connectivity index (χ4v) is 0.0645. The van der Waals surface area contributed by atoms with Crippen molar-refractivity contribution in [2.24, 2.45) is 5.73 Å². The van der Waals surface area contributed by atoms with Crippen LogP contribution in [0.2, 0.25) is 0 Å². The van der Waals surface area contributed by atoms with E-state index in [4.69, 9.17) is 21.1 Å². The van der Waals surface area contributed by atoms with E-state index in [0.717, 1.165) is 0 Å². The lowest BCUT2D eigenvalue weighted by molar-refractivity contribution is -0.177. The number of hydrogen-bond acceptors (Lipinski definition) is 4. The number of aliphatic hydroxyl groups is 3. The highest BCUT2D eigenvalue weighted by molar-refractivity contribution is 5.85. The molecule has 0 aromatic heterocycles. The molecule has 0 rings (SSSR count). The lowest BCUT2D eigenvalue weighted by atomic mass is 10.3. The first-order valence-electron chi connectivity index (χ1n) is 1.88. The molecule has 0 fully saturated rings. The van der Waals surface area contributed by atoms with Crippen LogP contribution in [0.15, 0.2) is 0 Å². The second-order valence-electron chi connectivity index (χ2n) is 1.34. The standard InChI is InChI=1S/C3H9NO3.ClH/c4-1-3(6,7)2-5;/h5-7H,1-2,4H2;1H. The van der Waals surface area contributed by atoms with Crippen LogP contribution in [-0.4, -0.2) is 34.3 Å². The van der Waals surface area contributed by atoms with Gasteiger partial charge in [-0.1, -0.05) is 0 Å². The van der Waals surface area contributed by atoms with E-state index in [1.54, 1.807) is 0 Å².